The lowest BCUT2D eigenvalue weighted by Gasteiger charge is -2.47. The second-order valence-corrected chi connectivity index (χ2v) is 7.61. The van der Waals surface area contributed by atoms with Crippen LogP contribution >= 0.6 is 0 Å². The van der Waals surface area contributed by atoms with Crippen LogP contribution in [0.25, 0.3) is 0 Å². The Morgan fingerprint density at radius 3 is 1.85 bits per heavy atom. The lowest BCUT2D eigenvalue weighted by atomic mass is 9.89. The molecule has 0 saturated carbocycles. The molecule has 1 spiro atoms. The van der Waals surface area contributed by atoms with Gasteiger partial charge in [0.15, 0.2) is 0 Å². The zero-order valence-corrected chi connectivity index (χ0v) is 18.6. The zero-order valence-electron chi connectivity index (χ0n) is 18.6. The molecule has 0 bridgehead atoms. The number of morpholine rings is 1. The monoisotopic (exact) mass is 370 g/mol. The summed E-state index contributed by atoms with van der Waals surface area (Å²) in [5.74, 6) is 0. The minimum absolute atomic E-state index is 0.165. The molecular formula is C21H46N4O. The summed E-state index contributed by atoms with van der Waals surface area (Å²) in [6.07, 6.45) is 3.72. The van der Waals surface area contributed by atoms with Crippen LogP contribution < -0.4 is 0 Å². The van der Waals surface area contributed by atoms with E-state index in [1.165, 1.54) is 71.6 Å². The van der Waals surface area contributed by atoms with Crippen molar-refractivity contribution in [2.24, 2.45) is 0 Å². The molecule has 0 amide bonds. The van der Waals surface area contributed by atoms with Crippen molar-refractivity contribution in [3.8, 4) is 0 Å². The molecule has 0 radical (unpaired) electrons. The smallest absolute Gasteiger partial charge is 0.0833 e. The van der Waals surface area contributed by atoms with Crippen molar-refractivity contribution >= 4 is 0 Å². The Morgan fingerprint density at radius 1 is 0.692 bits per heavy atom. The maximum atomic E-state index is 6.21. The average molecular weight is 371 g/mol. The van der Waals surface area contributed by atoms with Crippen LogP contribution in [0.1, 0.15) is 47.0 Å². The molecule has 3 fully saturated rings. The molecule has 0 atom stereocenters. The van der Waals surface area contributed by atoms with Crippen LogP contribution in [-0.4, -0.2) is 111 Å². The third-order valence-electron chi connectivity index (χ3n) is 5.77. The Morgan fingerprint density at radius 2 is 1.23 bits per heavy atom. The zero-order chi connectivity index (χ0) is 19.4. The van der Waals surface area contributed by atoms with Crippen LogP contribution in [0.15, 0.2) is 0 Å². The van der Waals surface area contributed by atoms with Gasteiger partial charge in [0.05, 0.1) is 12.2 Å². The van der Waals surface area contributed by atoms with E-state index < -0.39 is 0 Å². The van der Waals surface area contributed by atoms with E-state index in [9.17, 15) is 0 Å². The minimum Gasteiger partial charge on any atom is -0.372 e. The largest absolute Gasteiger partial charge is 0.372 e. The number of ether oxygens (including phenoxy) is 1. The summed E-state index contributed by atoms with van der Waals surface area (Å²) >= 11 is 0. The van der Waals surface area contributed by atoms with Crippen molar-refractivity contribution in [1.29, 1.82) is 0 Å². The summed E-state index contributed by atoms with van der Waals surface area (Å²) in [5.41, 5.74) is 0.165. The van der Waals surface area contributed by atoms with Crippen LogP contribution in [0, 0.1) is 0 Å². The molecule has 3 heterocycles. The molecule has 5 nitrogen and oxygen atoms in total. The van der Waals surface area contributed by atoms with E-state index in [4.69, 9.17) is 4.74 Å². The van der Waals surface area contributed by atoms with Gasteiger partial charge < -0.3 is 19.4 Å². The molecule has 3 saturated heterocycles. The maximum absolute atomic E-state index is 6.21. The quantitative estimate of drug-likeness (QED) is 0.756. The maximum Gasteiger partial charge on any atom is 0.0833 e. The third-order valence-corrected chi connectivity index (χ3v) is 5.77. The number of rotatable bonds is 4. The van der Waals surface area contributed by atoms with Crippen LogP contribution in [0.4, 0.5) is 0 Å². The summed E-state index contributed by atoms with van der Waals surface area (Å²) in [4.78, 5) is 10.2. The van der Waals surface area contributed by atoms with Crippen molar-refractivity contribution in [3.05, 3.63) is 0 Å². The van der Waals surface area contributed by atoms with Crippen molar-refractivity contribution in [3.63, 3.8) is 0 Å². The summed E-state index contributed by atoms with van der Waals surface area (Å²) < 4.78 is 6.21. The van der Waals surface area contributed by atoms with Gasteiger partial charge >= 0.3 is 0 Å². The van der Waals surface area contributed by atoms with Gasteiger partial charge in [0.2, 0.25) is 0 Å². The molecule has 3 rings (SSSR count). The fourth-order valence-corrected chi connectivity index (χ4v) is 4.03. The molecule has 0 aromatic carbocycles. The lowest BCUT2D eigenvalue weighted by molar-refractivity contribution is -0.134. The Labute approximate surface area is 163 Å². The highest BCUT2D eigenvalue weighted by molar-refractivity contribution is 4.92. The number of piperidine rings is 1. The Hall–Kier alpha value is -0.200. The number of likely N-dealkylation sites (N-methyl/N-ethyl adjacent to an activating group) is 1. The van der Waals surface area contributed by atoms with Crippen molar-refractivity contribution < 1.29 is 4.74 Å². The van der Waals surface area contributed by atoms with Gasteiger partial charge in [-0.3, -0.25) is 4.90 Å². The van der Waals surface area contributed by atoms with Gasteiger partial charge in [-0.15, -0.1) is 0 Å². The van der Waals surface area contributed by atoms with Crippen LogP contribution in [0.2, 0.25) is 0 Å². The van der Waals surface area contributed by atoms with Crippen LogP contribution in [0.5, 0.6) is 0 Å². The van der Waals surface area contributed by atoms with Gasteiger partial charge in [-0.05, 0) is 46.4 Å². The molecule has 0 N–H and O–H groups in total. The van der Waals surface area contributed by atoms with Crippen molar-refractivity contribution in [2.45, 2.75) is 52.6 Å². The molecule has 0 unspecified atom stereocenters. The van der Waals surface area contributed by atoms with Gasteiger partial charge in [0.25, 0.3) is 0 Å². The van der Waals surface area contributed by atoms with Gasteiger partial charge in [-0.2, -0.15) is 0 Å². The fourth-order valence-electron chi connectivity index (χ4n) is 4.03. The molecule has 3 aliphatic heterocycles. The van der Waals surface area contributed by atoms with Crippen molar-refractivity contribution in [2.75, 3.05) is 86.1 Å². The SMILES string of the molecule is CC.CC.CN1CCN(CCCN2CCOC3(CCN(C)CC3)C2)CC1. The van der Waals surface area contributed by atoms with E-state index in [1.54, 1.807) is 0 Å². The Kier molecular flexibility index (Phi) is 12.0. The highest BCUT2D eigenvalue weighted by Crippen LogP contribution is 2.29. The van der Waals surface area contributed by atoms with Gasteiger partial charge in [0.1, 0.15) is 0 Å². The Balaban J connectivity index is 0.000000791. The van der Waals surface area contributed by atoms with E-state index >= 15 is 0 Å². The van der Waals surface area contributed by atoms with E-state index in [2.05, 4.69) is 33.7 Å². The molecule has 156 valence electrons. The predicted octanol–water partition coefficient (Wildman–Crippen LogP) is 2.47. The van der Waals surface area contributed by atoms with Gasteiger partial charge in [-0.1, -0.05) is 27.7 Å². The number of hydrogen-bond acceptors (Lipinski definition) is 5. The van der Waals surface area contributed by atoms with Gasteiger partial charge in [0, 0.05) is 52.4 Å². The third kappa shape index (κ3) is 7.81. The van der Waals surface area contributed by atoms with E-state index in [1.807, 2.05) is 27.7 Å². The second-order valence-electron chi connectivity index (χ2n) is 7.61. The molecule has 5 heteroatoms. The fraction of sp³-hybridized carbons (Fsp3) is 1.00. The number of piperazine rings is 1. The van der Waals surface area contributed by atoms with Crippen LogP contribution in [0.3, 0.4) is 0 Å². The summed E-state index contributed by atoms with van der Waals surface area (Å²) in [5, 5.41) is 0. The molecule has 3 aliphatic rings. The summed E-state index contributed by atoms with van der Waals surface area (Å²) in [6, 6.07) is 0. The van der Waals surface area contributed by atoms with Gasteiger partial charge in [-0.25, -0.2) is 0 Å². The van der Waals surface area contributed by atoms with Crippen molar-refractivity contribution in [1.82, 2.24) is 19.6 Å². The normalized spacial score (nSPS) is 25.2. The number of nitrogens with zero attached hydrogens (tertiary/aromatic N) is 4. The highest BCUT2D eigenvalue weighted by atomic mass is 16.5. The molecular weight excluding hydrogens is 324 g/mol. The molecule has 0 aromatic rings. The predicted molar refractivity (Wildman–Crippen MR) is 113 cm³/mol. The standard InChI is InChI=1S/C17H34N4O.2C2H6/c1-18-8-4-17(5-9-18)16-21(14-15-22-17)7-3-6-20-12-10-19(2)11-13-20;2*1-2/h3-16H2,1-2H3;2*1-2H3. The summed E-state index contributed by atoms with van der Waals surface area (Å²) in [7, 11) is 4.45. The highest BCUT2D eigenvalue weighted by Gasteiger charge is 2.38. The topological polar surface area (TPSA) is 22.2 Å². The first kappa shape index (κ1) is 23.8. The molecule has 26 heavy (non-hydrogen) atoms. The first-order valence-corrected chi connectivity index (χ1v) is 11.1. The lowest BCUT2D eigenvalue weighted by Crippen LogP contribution is -2.56. The second kappa shape index (κ2) is 13.1. The molecule has 0 aliphatic carbocycles. The van der Waals surface area contributed by atoms with E-state index in [0.717, 1.165) is 19.7 Å². The van der Waals surface area contributed by atoms with E-state index in [0.29, 0.717) is 0 Å². The van der Waals surface area contributed by atoms with E-state index in [-0.39, 0.29) is 5.60 Å². The first-order chi connectivity index (χ1) is 12.7. The Bertz CT molecular complexity index is 337. The average Bonchev–Trinajstić information content (AvgIpc) is 2.69. The molecule has 0 aromatic heterocycles. The summed E-state index contributed by atoms with van der Waals surface area (Å²) in [6.45, 7) is 21.1. The number of hydrogen-bond donors (Lipinski definition) is 0. The first-order valence-electron chi connectivity index (χ1n) is 11.1. The minimum atomic E-state index is 0.165. The van der Waals surface area contributed by atoms with Crippen LogP contribution in [-0.2, 0) is 4.74 Å². The number of likely N-dealkylation sites (tertiary alicyclic amines) is 1.